The third kappa shape index (κ3) is 9.15. The van der Waals surface area contributed by atoms with Crippen LogP contribution in [0, 0.1) is 11.8 Å². The van der Waals surface area contributed by atoms with E-state index in [1.165, 1.54) is 0 Å². The third-order valence-corrected chi connectivity index (χ3v) is 2.75. The largest absolute Gasteiger partial charge is 0.481 e. The van der Waals surface area contributed by atoms with Gasteiger partial charge in [0.1, 0.15) is 0 Å². The zero-order valence-electron chi connectivity index (χ0n) is 10.1. The molecule has 1 atom stereocenters. The van der Waals surface area contributed by atoms with Gasteiger partial charge >= 0.3 is 11.5 Å². The van der Waals surface area contributed by atoms with E-state index in [9.17, 15) is 22.8 Å². The number of carboxylic acids is 1. The topological polar surface area (TPSA) is 66.4 Å². The molecule has 0 aromatic heterocycles. The normalized spacial score (nSPS) is 13.4. The van der Waals surface area contributed by atoms with Crippen molar-refractivity contribution in [1.29, 1.82) is 0 Å². The summed E-state index contributed by atoms with van der Waals surface area (Å²) in [4.78, 5) is 21.9. The Morgan fingerprint density at radius 1 is 1.33 bits per heavy atom. The molecule has 0 heterocycles. The fourth-order valence-corrected chi connectivity index (χ4v) is 1.67. The first-order valence-electron chi connectivity index (χ1n) is 5.32. The Morgan fingerprint density at radius 3 is 2.28 bits per heavy atom. The number of rotatable bonds is 7. The molecule has 2 N–H and O–H groups in total. The van der Waals surface area contributed by atoms with Crippen molar-refractivity contribution in [2.24, 2.45) is 11.8 Å². The van der Waals surface area contributed by atoms with E-state index in [0.717, 1.165) is 0 Å². The quantitative estimate of drug-likeness (QED) is 0.752. The first kappa shape index (κ1) is 17.1. The van der Waals surface area contributed by atoms with Crippen molar-refractivity contribution in [1.82, 2.24) is 5.32 Å². The molecule has 0 fully saturated rings. The van der Waals surface area contributed by atoms with Crippen LogP contribution in [0.15, 0.2) is 0 Å². The number of hydrogen-bond donors (Lipinski definition) is 2. The molecular formula is C10H16F3NO3S. The minimum atomic E-state index is -4.46. The summed E-state index contributed by atoms with van der Waals surface area (Å²) in [5.74, 6) is -3.27. The predicted octanol–water partition coefficient (Wildman–Crippen LogP) is 2.10. The average molecular weight is 287 g/mol. The minimum absolute atomic E-state index is 0.132. The van der Waals surface area contributed by atoms with Crippen molar-refractivity contribution in [3.63, 3.8) is 0 Å². The average Bonchev–Trinajstić information content (AvgIpc) is 2.19. The summed E-state index contributed by atoms with van der Waals surface area (Å²) in [6.07, 6.45) is 0.363. The van der Waals surface area contributed by atoms with Crippen LogP contribution >= 0.6 is 11.8 Å². The van der Waals surface area contributed by atoms with Gasteiger partial charge in [-0.1, -0.05) is 13.8 Å². The number of alkyl halides is 3. The van der Waals surface area contributed by atoms with Crippen LogP contribution in [-0.2, 0) is 9.59 Å². The van der Waals surface area contributed by atoms with Crippen molar-refractivity contribution in [3.8, 4) is 0 Å². The maximum Gasteiger partial charge on any atom is 0.442 e. The van der Waals surface area contributed by atoms with E-state index in [-0.39, 0.29) is 12.5 Å². The zero-order chi connectivity index (χ0) is 14.3. The summed E-state index contributed by atoms with van der Waals surface area (Å²) >= 11 is -0.444. The summed E-state index contributed by atoms with van der Waals surface area (Å²) in [6.45, 7) is 3.51. The molecule has 1 amide bonds. The highest BCUT2D eigenvalue weighted by Crippen LogP contribution is 2.29. The molecule has 0 rings (SSSR count). The molecule has 0 aromatic carbocycles. The van der Waals surface area contributed by atoms with Gasteiger partial charge in [0.2, 0.25) is 5.91 Å². The van der Waals surface area contributed by atoms with Crippen LogP contribution in [0.2, 0.25) is 0 Å². The van der Waals surface area contributed by atoms with Crippen LogP contribution in [0.3, 0.4) is 0 Å². The highest BCUT2D eigenvalue weighted by atomic mass is 32.2. The van der Waals surface area contributed by atoms with E-state index in [1.54, 1.807) is 0 Å². The number of carbonyl (C=O) groups is 2. The number of halogens is 3. The van der Waals surface area contributed by atoms with E-state index in [2.05, 4.69) is 5.32 Å². The fourth-order valence-electron chi connectivity index (χ4n) is 1.28. The Kier molecular flexibility index (Phi) is 7.12. The molecule has 0 aliphatic carbocycles. The van der Waals surface area contributed by atoms with Crippen molar-refractivity contribution < 1.29 is 27.9 Å². The van der Waals surface area contributed by atoms with Gasteiger partial charge in [-0.25, -0.2) is 0 Å². The van der Waals surface area contributed by atoms with E-state index in [1.807, 2.05) is 13.8 Å². The van der Waals surface area contributed by atoms with Crippen LogP contribution in [0.1, 0.15) is 20.3 Å². The van der Waals surface area contributed by atoms with Gasteiger partial charge in [-0.2, -0.15) is 13.2 Å². The van der Waals surface area contributed by atoms with Crippen LogP contribution in [0.5, 0.6) is 0 Å². The molecular weight excluding hydrogens is 271 g/mol. The molecule has 0 radical (unpaired) electrons. The number of amides is 1. The molecule has 18 heavy (non-hydrogen) atoms. The molecule has 0 saturated carbocycles. The first-order chi connectivity index (χ1) is 8.11. The Morgan fingerprint density at radius 2 is 1.89 bits per heavy atom. The number of aliphatic carboxylic acids is 1. The number of thioether (sulfide) groups is 1. The lowest BCUT2D eigenvalue weighted by molar-refractivity contribution is -0.142. The van der Waals surface area contributed by atoms with Gasteiger partial charge in [-0.3, -0.25) is 9.59 Å². The summed E-state index contributed by atoms with van der Waals surface area (Å²) in [6, 6.07) is 0. The predicted molar refractivity (Wildman–Crippen MR) is 62.1 cm³/mol. The van der Waals surface area contributed by atoms with Crippen molar-refractivity contribution in [2.45, 2.75) is 25.8 Å². The maximum atomic E-state index is 11.8. The summed E-state index contributed by atoms with van der Waals surface area (Å²) in [5, 5.41) is 11.1. The molecule has 8 heteroatoms. The molecule has 1 unspecified atom stereocenters. The highest BCUT2D eigenvalue weighted by Gasteiger charge is 2.29. The minimum Gasteiger partial charge on any atom is -0.481 e. The number of nitrogens with one attached hydrogen (secondary N) is 1. The van der Waals surface area contributed by atoms with E-state index in [0.29, 0.717) is 6.42 Å². The number of carbonyl (C=O) groups excluding carboxylic acids is 1. The van der Waals surface area contributed by atoms with Crippen LogP contribution in [-0.4, -0.2) is 34.8 Å². The van der Waals surface area contributed by atoms with Gasteiger partial charge in [-0.05, 0) is 24.1 Å². The van der Waals surface area contributed by atoms with Gasteiger partial charge < -0.3 is 10.4 Å². The van der Waals surface area contributed by atoms with E-state index < -0.39 is 40.8 Å². The molecule has 0 aliphatic rings. The third-order valence-electron chi connectivity index (χ3n) is 2.02. The lowest BCUT2D eigenvalue weighted by atomic mass is 9.97. The molecule has 4 nitrogen and oxygen atoms in total. The smallest absolute Gasteiger partial charge is 0.442 e. The molecule has 0 spiro atoms. The second kappa shape index (κ2) is 7.50. The standard InChI is InChI=1S/C10H16F3NO3S/c1-6(2)3-7(9(16)17)4-14-8(15)5-18-10(11,12)13/h6-7H,3-5H2,1-2H3,(H,14,15)(H,16,17). The molecule has 0 saturated heterocycles. The monoisotopic (exact) mass is 287 g/mol. The van der Waals surface area contributed by atoms with Gasteiger partial charge in [0, 0.05) is 6.54 Å². The maximum absolute atomic E-state index is 11.8. The van der Waals surface area contributed by atoms with Crippen LogP contribution in [0.4, 0.5) is 13.2 Å². The van der Waals surface area contributed by atoms with Crippen LogP contribution < -0.4 is 5.32 Å². The lowest BCUT2D eigenvalue weighted by Crippen LogP contribution is -2.35. The van der Waals surface area contributed by atoms with Crippen molar-refractivity contribution >= 4 is 23.6 Å². The Labute approximate surface area is 107 Å². The SMILES string of the molecule is CC(C)CC(CNC(=O)CSC(F)(F)F)C(=O)O. The van der Waals surface area contributed by atoms with Crippen molar-refractivity contribution in [3.05, 3.63) is 0 Å². The van der Waals surface area contributed by atoms with Gasteiger partial charge in [-0.15, -0.1) is 0 Å². The van der Waals surface area contributed by atoms with E-state index >= 15 is 0 Å². The summed E-state index contributed by atoms with van der Waals surface area (Å²) in [5.41, 5.74) is -4.46. The lowest BCUT2D eigenvalue weighted by Gasteiger charge is -2.15. The summed E-state index contributed by atoms with van der Waals surface area (Å²) in [7, 11) is 0. The second-order valence-electron chi connectivity index (χ2n) is 4.20. The van der Waals surface area contributed by atoms with Gasteiger partial charge in [0.05, 0.1) is 11.7 Å². The Balaban J connectivity index is 4.04. The van der Waals surface area contributed by atoms with E-state index in [4.69, 9.17) is 5.11 Å². The number of hydrogen-bond acceptors (Lipinski definition) is 3. The first-order valence-corrected chi connectivity index (χ1v) is 6.30. The van der Waals surface area contributed by atoms with Gasteiger partial charge in [0.25, 0.3) is 0 Å². The second-order valence-corrected chi connectivity index (χ2v) is 5.24. The fraction of sp³-hybridized carbons (Fsp3) is 0.800. The number of carboxylic acid groups (broad SMARTS) is 1. The summed E-state index contributed by atoms with van der Waals surface area (Å²) < 4.78 is 35.4. The molecule has 0 aromatic rings. The molecule has 106 valence electrons. The van der Waals surface area contributed by atoms with Gasteiger partial charge in [0.15, 0.2) is 0 Å². The molecule has 0 bridgehead atoms. The highest BCUT2D eigenvalue weighted by molar-refractivity contribution is 8.00. The zero-order valence-corrected chi connectivity index (χ0v) is 10.9. The Hall–Kier alpha value is -0.920. The van der Waals surface area contributed by atoms with Crippen LogP contribution in [0.25, 0.3) is 0 Å². The van der Waals surface area contributed by atoms with Crippen molar-refractivity contribution in [2.75, 3.05) is 12.3 Å². The Bertz CT molecular complexity index is 295. The molecule has 0 aliphatic heterocycles.